The number of rotatable bonds is 5. The number of nitrogens with one attached hydrogen (secondary N) is 2. The SMILES string of the molecule is CNc1cc(C)nc(N2CCC(C(=O)NCc3ccc(Cl)cc3Cl)CC2)n1. The monoisotopic (exact) mass is 407 g/mol. The van der Waals surface area contributed by atoms with Gasteiger partial charge in [0.2, 0.25) is 11.9 Å². The van der Waals surface area contributed by atoms with Crippen molar-refractivity contribution in [2.75, 3.05) is 30.4 Å². The number of benzene rings is 1. The van der Waals surface area contributed by atoms with Crippen LogP contribution in [-0.2, 0) is 11.3 Å². The Morgan fingerprint density at radius 1 is 1.22 bits per heavy atom. The molecule has 1 amide bonds. The van der Waals surface area contributed by atoms with Crippen molar-refractivity contribution in [3.63, 3.8) is 0 Å². The van der Waals surface area contributed by atoms with Crippen LogP contribution in [0.5, 0.6) is 0 Å². The van der Waals surface area contributed by atoms with E-state index in [0.29, 0.717) is 22.5 Å². The zero-order chi connectivity index (χ0) is 19.4. The molecule has 1 fully saturated rings. The number of hydrogen-bond donors (Lipinski definition) is 2. The maximum Gasteiger partial charge on any atom is 0.227 e. The van der Waals surface area contributed by atoms with Gasteiger partial charge in [-0.05, 0) is 37.5 Å². The van der Waals surface area contributed by atoms with E-state index in [9.17, 15) is 4.79 Å². The molecule has 0 aliphatic carbocycles. The molecule has 1 aromatic heterocycles. The summed E-state index contributed by atoms with van der Waals surface area (Å²) in [4.78, 5) is 23.7. The van der Waals surface area contributed by atoms with Crippen molar-refractivity contribution in [2.24, 2.45) is 5.92 Å². The minimum atomic E-state index is -0.0131. The van der Waals surface area contributed by atoms with Gasteiger partial charge in [0.15, 0.2) is 0 Å². The Labute approximate surface area is 169 Å². The average molecular weight is 408 g/mol. The Kier molecular flexibility index (Phi) is 6.39. The summed E-state index contributed by atoms with van der Waals surface area (Å²) in [5.41, 5.74) is 1.78. The molecule has 27 heavy (non-hydrogen) atoms. The lowest BCUT2D eigenvalue weighted by atomic mass is 9.96. The van der Waals surface area contributed by atoms with Crippen LogP contribution in [0.3, 0.4) is 0 Å². The molecular weight excluding hydrogens is 385 g/mol. The Morgan fingerprint density at radius 3 is 2.63 bits per heavy atom. The first-order valence-electron chi connectivity index (χ1n) is 8.96. The lowest BCUT2D eigenvalue weighted by Crippen LogP contribution is -2.41. The highest BCUT2D eigenvalue weighted by Gasteiger charge is 2.26. The molecule has 1 aromatic carbocycles. The standard InChI is InChI=1S/C19H23Cl2N5O/c1-12-9-17(22-2)25-19(24-12)26-7-5-13(6-8-26)18(27)23-11-14-3-4-15(20)10-16(14)21/h3-4,9-10,13H,5-8,11H2,1-2H3,(H,23,27)(H,22,24,25). The minimum Gasteiger partial charge on any atom is -0.373 e. The van der Waals surface area contributed by atoms with Gasteiger partial charge in [0.1, 0.15) is 5.82 Å². The van der Waals surface area contributed by atoms with Crippen LogP contribution in [0.4, 0.5) is 11.8 Å². The van der Waals surface area contributed by atoms with E-state index in [1.54, 1.807) is 12.1 Å². The topological polar surface area (TPSA) is 70.2 Å². The summed E-state index contributed by atoms with van der Waals surface area (Å²) in [5, 5.41) is 7.19. The van der Waals surface area contributed by atoms with Crippen LogP contribution >= 0.6 is 23.2 Å². The second-order valence-electron chi connectivity index (χ2n) is 6.66. The fourth-order valence-corrected chi connectivity index (χ4v) is 3.63. The molecule has 0 saturated carbocycles. The van der Waals surface area contributed by atoms with Crippen LogP contribution in [0.2, 0.25) is 10.0 Å². The number of aryl methyl sites for hydroxylation is 1. The van der Waals surface area contributed by atoms with Gasteiger partial charge in [-0.25, -0.2) is 4.98 Å². The fraction of sp³-hybridized carbons (Fsp3) is 0.421. The van der Waals surface area contributed by atoms with Crippen LogP contribution in [0.1, 0.15) is 24.1 Å². The van der Waals surface area contributed by atoms with Gasteiger partial charge in [-0.2, -0.15) is 4.98 Å². The van der Waals surface area contributed by atoms with Gasteiger partial charge in [0.05, 0.1) is 0 Å². The molecule has 144 valence electrons. The molecule has 0 atom stereocenters. The first-order chi connectivity index (χ1) is 13.0. The third-order valence-electron chi connectivity index (χ3n) is 4.72. The number of aromatic nitrogens is 2. The molecule has 2 heterocycles. The molecule has 1 aliphatic rings. The van der Waals surface area contributed by atoms with Crippen molar-refractivity contribution in [3.05, 3.63) is 45.6 Å². The van der Waals surface area contributed by atoms with Gasteiger partial charge >= 0.3 is 0 Å². The van der Waals surface area contributed by atoms with Gasteiger partial charge in [-0.15, -0.1) is 0 Å². The Balaban J connectivity index is 1.54. The summed E-state index contributed by atoms with van der Waals surface area (Å²) in [5.74, 6) is 1.56. The molecule has 0 radical (unpaired) electrons. The van der Waals surface area contributed by atoms with Crippen LogP contribution < -0.4 is 15.5 Å². The van der Waals surface area contributed by atoms with E-state index < -0.39 is 0 Å². The van der Waals surface area contributed by atoms with Crippen molar-refractivity contribution < 1.29 is 4.79 Å². The van der Waals surface area contributed by atoms with Crippen LogP contribution in [-0.4, -0.2) is 36.0 Å². The highest BCUT2D eigenvalue weighted by Crippen LogP contribution is 2.24. The smallest absolute Gasteiger partial charge is 0.227 e. The predicted molar refractivity (Wildman–Crippen MR) is 110 cm³/mol. The van der Waals surface area contributed by atoms with Crippen molar-refractivity contribution in [1.82, 2.24) is 15.3 Å². The molecule has 2 aromatic rings. The van der Waals surface area contributed by atoms with Gasteiger partial charge in [-0.3, -0.25) is 4.79 Å². The summed E-state index contributed by atoms with van der Waals surface area (Å²) in [6, 6.07) is 7.20. The summed E-state index contributed by atoms with van der Waals surface area (Å²) < 4.78 is 0. The number of amides is 1. The van der Waals surface area contributed by atoms with Crippen molar-refractivity contribution >= 4 is 40.9 Å². The minimum absolute atomic E-state index is 0.0131. The molecule has 6 nitrogen and oxygen atoms in total. The maximum atomic E-state index is 12.5. The van der Waals surface area contributed by atoms with E-state index in [0.717, 1.165) is 43.0 Å². The molecule has 1 aliphatic heterocycles. The van der Waals surface area contributed by atoms with Crippen molar-refractivity contribution in [1.29, 1.82) is 0 Å². The number of piperidine rings is 1. The summed E-state index contributed by atoms with van der Waals surface area (Å²) >= 11 is 12.1. The predicted octanol–water partition coefficient (Wildman–Crippen LogP) is 3.67. The summed E-state index contributed by atoms with van der Waals surface area (Å²) in [6.07, 6.45) is 1.54. The zero-order valence-electron chi connectivity index (χ0n) is 15.4. The van der Waals surface area contributed by atoms with Gasteiger partial charge in [-0.1, -0.05) is 29.3 Å². The molecule has 0 unspecified atom stereocenters. The molecule has 2 N–H and O–H groups in total. The molecule has 0 bridgehead atoms. The second-order valence-corrected chi connectivity index (χ2v) is 7.50. The lowest BCUT2D eigenvalue weighted by Gasteiger charge is -2.31. The van der Waals surface area contributed by atoms with E-state index in [2.05, 4.69) is 25.5 Å². The van der Waals surface area contributed by atoms with E-state index in [1.807, 2.05) is 26.1 Å². The second kappa shape index (κ2) is 8.76. The van der Waals surface area contributed by atoms with Crippen LogP contribution in [0.25, 0.3) is 0 Å². The van der Waals surface area contributed by atoms with Gasteiger partial charge < -0.3 is 15.5 Å². The quantitative estimate of drug-likeness (QED) is 0.790. The molecule has 8 heteroatoms. The van der Waals surface area contributed by atoms with Crippen molar-refractivity contribution in [2.45, 2.75) is 26.3 Å². The van der Waals surface area contributed by atoms with E-state index in [-0.39, 0.29) is 11.8 Å². The number of hydrogen-bond acceptors (Lipinski definition) is 5. The number of carbonyl (C=O) groups is 1. The molecule has 0 spiro atoms. The summed E-state index contributed by atoms with van der Waals surface area (Å²) in [6.45, 7) is 3.87. The maximum absolute atomic E-state index is 12.5. The first-order valence-corrected chi connectivity index (χ1v) is 9.72. The van der Waals surface area contributed by atoms with E-state index in [1.165, 1.54) is 0 Å². The number of nitrogens with zero attached hydrogens (tertiary/aromatic N) is 3. The molecule has 3 rings (SSSR count). The number of anilines is 2. The zero-order valence-corrected chi connectivity index (χ0v) is 16.9. The van der Waals surface area contributed by atoms with Crippen LogP contribution in [0, 0.1) is 12.8 Å². The molecule has 1 saturated heterocycles. The van der Waals surface area contributed by atoms with Crippen LogP contribution in [0.15, 0.2) is 24.3 Å². The fourth-order valence-electron chi connectivity index (χ4n) is 3.16. The lowest BCUT2D eigenvalue weighted by molar-refractivity contribution is -0.125. The van der Waals surface area contributed by atoms with Gasteiger partial charge in [0.25, 0.3) is 0 Å². The highest BCUT2D eigenvalue weighted by atomic mass is 35.5. The Bertz CT molecular complexity index is 822. The summed E-state index contributed by atoms with van der Waals surface area (Å²) in [7, 11) is 1.84. The van der Waals surface area contributed by atoms with E-state index in [4.69, 9.17) is 23.2 Å². The highest BCUT2D eigenvalue weighted by molar-refractivity contribution is 6.35. The number of carbonyl (C=O) groups excluding carboxylic acids is 1. The number of halogens is 2. The molecular formula is C19H23Cl2N5O. The van der Waals surface area contributed by atoms with Gasteiger partial charge in [0, 0.05) is 54.4 Å². The largest absolute Gasteiger partial charge is 0.373 e. The van der Waals surface area contributed by atoms with E-state index >= 15 is 0 Å². The first kappa shape index (κ1) is 19.7. The Morgan fingerprint density at radius 2 is 1.96 bits per heavy atom. The average Bonchev–Trinajstić information content (AvgIpc) is 2.66. The third kappa shape index (κ3) is 5.02. The Hall–Kier alpha value is -2.05. The third-order valence-corrected chi connectivity index (χ3v) is 5.30. The normalized spacial score (nSPS) is 14.9. The van der Waals surface area contributed by atoms with Crippen molar-refractivity contribution in [3.8, 4) is 0 Å².